The van der Waals surface area contributed by atoms with E-state index >= 15 is 0 Å². The average Bonchev–Trinajstić information content (AvgIpc) is 2.43. The molecule has 0 amide bonds. The summed E-state index contributed by atoms with van der Waals surface area (Å²) in [7, 11) is 0. The summed E-state index contributed by atoms with van der Waals surface area (Å²) in [5, 5.41) is 14.3. The summed E-state index contributed by atoms with van der Waals surface area (Å²) in [5.74, 6) is 0. The third kappa shape index (κ3) is 5.70. The van der Waals surface area contributed by atoms with Gasteiger partial charge in [-0.1, -0.05) is 44.7 Å². The van der Waals surface area contributed by atoms with E-state index in [1.54, 1.807) is 12.1 Å². The maximum Gasteiger partial charge on any atom is 0.269 e. The van der Waals surface area contributed by atoms with E-state index in [0.717, 1.165) is 12.0 Å². The van der Waals surface area contributed by atoms with E-state index in [0.29, 0.717) is 6.04 Å². The summed E-state index contributed by atoms with van der Waals surface area (Å²) in [5.41, 5.74) is 1.13. The minimum absolute atomic E-state index is 0.135. The van der Waals surface area contributed by atoms with E-state index < -0.39 is 0 Å². The Bertz CT molecular complexity index is 421. The number of nitrogens with zero attached hydrogens (tertiary/aromatic N) is 1. The lowest BCUT2D eigenvalue weighted by molar-refractivity contribution is -0.384. The van der Waals surface area contributed by atoms with Crippen molar-refractivity contribution in [3.63, 3.8) is 0 Å². The highest BCUT2D eigenvalue weighted by Gasteiger charge is 2.12. The zero-order chi connectivity index (χ0) is 15.0. The van der Waals surface area contributed by atoms with Gasteiger partial charge in [0.15, 0.2) is 0 Å². The molecule has 1 aromatic rings. The van der Waals surface area contributed by atoms with Crippen molar-refractivity contribution in [2.24, 2.45) is 0 Å². The zero-order valence-electron chi connectivity index (χ0n) is 12.8. The minimum Gasteiger partial charge on any atom is -0.308 e. The summed E-state index contributed by atoms with van der Waals surface area (Å²) in [6.07, 6.45) is 6.23. The number of nitro groups is 1. The molecule has 0 aliphatic rings. The number of nitrogens with one attached hydrogen (secondary N) is 1. The van der Waals surface area contributed by atoms with Crippen molar-refractivity contribution in [2.45, 2.75) is 65.0 Å². The van der Waals surface area contributed by atoms with Gasteiger partial charge in [-0.25, -0.2) is 0 Å². The van der Waals surface area contributed by atoms with Gasteiger partial charge in [-0.2, -0.15) is 0 Å². The summed E-state index contributed by atoms with van der Waals surface area (Å²) < 4.78 is 0. The van der Waals surface area contributed by atoms with Crippen LogP contribution in [0.4, 0.5) is 5.69 Å². The van der Waals surface area contributed by atoms with Crippen LogP contribution in [0.15, 0.2) is 24.3 Å². The van der Waals surface area contributed by atoms with Gasteiger partial charge < -0.3 is 5.32 Å². The van der Waals surface area contributed by atoms with Gasteiger partial charge >= 0.3 is 0 Å². The van der Waals surface area contributed by atoms with Gasteiger partial charge in [0, 0.05) is 24.2 Å². The fourth-order valence-electron chi connectivity index (χ4n) is 2.39. The molecule has 1 rings (SSSR count). The lowest BCUT2D eigenvalue weighted by Crippen LogP contribution is -2.28. The minimum atomic E-state index is -0.343. The van der Waals surface area contributed by atoms with Crippen molar-refractivity contribution >= 4 is 5.69 Å². The first-order chi connectivity index (χ1) is 9.54. The standard InChI is InChI=1S/C16H26N2O2/c1-4-5-6-7-9-13(2)17-14(3)15-10-8-11-16(12-15)18(19)20/h8,10-14,17H,4-7,9H2,1-3H3. The molecule has 0 bridgehead atoms. The third-order valence-corrected chi connectivity index (χ3v) is 3.61. The largest absolute Gasteiger partial charge is 0.308 e. The average molecular weight is 278 g/mol. The van der Waals surface area contributed by atoms with E-state index in [1.165, 1.54) is 31.7 Å². The Morgan fingerprint density at radius 1 is 1.25 bits per heavy atom. The van der Waals surface area contributed by atoms with Crippen molar-refractivity contribution in [1.82, 2.24) is 5.32 Å². The Labute approximate surface area is 121 Å². The predicted molar refractivity (Wildman–Crippen MR) is 82.9 cm³/mol. The quantitative estimate of drug-likeness (QED) is 0.408. The van der Waals surface area contributed by atoms with Gasteiger partial charge in [0.05, 0.1) is 4.92 Å². The summed E-state index contributed by atoms with van der Waals surface area (Å²) >= 11 is 0. The number of hydrogen-bond donors (Lipinski definition) is 1. The van der Waals surface area contributed by atoms with E-state index in [-0.39, 0.29) is 16.7 Å². The fraction of sp³-hybridized carbons (Fsp3) is 0.625. The van der Waals surface area contributed by atoms with Crippen LogP contribution in [0.1, 0.15) is 64.5 Å². The van der Waals surface area contributed by atoms with Crippen LogP contribution in [0.25, 0.3) is 0 Å². The molecule has 0 heterocycles. The van der Waals surface area contributed by atoms with Crippen LogP contribution < -0.4 is 5.32 Å². The number of non-ortho nitro benzene ring substituents is 1. The van der Waals surface area contributed by atoms with Crippen LogP contribution in [-0.2, 0) is 0 Å². The Balaban J connectivity index is 2.47. The normalized spacial score (nSPS) is 13.9. The molecule has 2 atom stereocenters. The molecule has 0 aliphatic heterocycles. The lowest BCUT2D eigenvalue weighted by atomic mass is 10.0. The molecule has 20 heavy (non-hydrogen) atoms. The second-order valence-electron chi connectivity index (χ2n) is 5.49. The Morgan fingerprint density at radius 2 is 2.00 bits per heavy atom. The number of hydrogen-bond acceptors (Lipinski definition) is 3. The fourth-order valence-corrected chi connectivity index (χ4v) is 2.39. The molecular formula is C16H26N2O2. The number of nitro benzene ring substituents is 1. The second kappa shape index (κ2) is 8.69. The zero-order valence-corrected chi connectivity index (χ0v) is 12.8. The van der Waals surface area contributed by atoms with Gasteiger partial charge in [0.1, 0.15) is 0 Å². The molecule has 1 N–H and O–H groups in total. The molecule has 4 nitrogen and oxygen atoms in total. The van der Waals surface area contributed by atoms with Crippen LogP contribution in [0.3, 0.4) is 0 Å². The van der Waals surface area contributed by atoms with Crippen molar-refractivity contribution in [1.29, 1.82) is 0 Å². The molecule has 0 aliphatic carbocycles. The first-order valence-electron chi connectivity index (χ1n) is 7.55. The number of rotatable bonds is 9. The van der Waals surface area contributed by atoms with Gasteiger partial charge in [-0.3, -0.25) is 10.1 Å². The monoisotopic (exact) mass is 278 g/mol. The lowest BCUT2D eigenvalue weighted by Gasteiger charge is -2.20. The van der Waals surface area contributed by atoms with E-state index in [2.05, 4.69) is 26.1 Å². The van der Waals surface area contributed by atoms with Gasteiger partial charge in [-0.15, -0.1) is 0 Å². The smallest absolute Gasteiger partial charge is 0.269 e. The summed E-state index contributed by atoms with van der Waals surface area (Å²) in [6.45, 7) is 6.45. The maximum atomic E-state index is 10.8. The highest BCUT2D eigenvalue weighted by molar-refractivity contribution is 5.35. The molecule has 112 valence electrons. The second-order valence-corrected chi connectivity index (χ2v) is 5.49. The van der Waals surface area contributed by atoms with Crippen molar-refractivity contribution in [3.05, 3.63) is 39.9 Å². The van der Waals surface area contributed by atoms with Crippen LogP contribution >= 0.6 is 0 Å². The molecule has 0 radical (unpaired) electrons. The predicted octanol–water partition coefficient (Wildman–Crippen LogP) is 4.60. The van der Waals surface area contributed by atoms with Crippen molar-refractivity contribution in [3.8, 4) is 0 Å². The van der Waals surface area contributed by atoms with E-state index in [1.807, 2.05) is 6.07 Å². The van der Waals surface area contributed by atoms with Crippen LogP contribution in [-0.4, -0.2) is 11.0 Å². The summed E-state index contributed by atoms with van der Waals surface area (Å²) in [4.78, 5) is 10.4. The number of unbranched alkanes of at least 4 members (excludes halogenated alkanes) is 3. The highest BCUT2D eigenvalue weighted by atomic mass is 16.6. The van der Waals surface area contributed by atoms with Gasteiger partial charge in [-0.05, 0) is 25.8 Å². The van der Waals surface area contributed by atoms with Gasteiger partial charge in [0.2, 0.25) is 0 Å². The molecule has 0 fully saturated rings. The maximum absolute atomic E-state index is 10.8. The molecule has 4 heteroatoms. The molecule has 0 spiro atoms. The van der Waals surface area contributed by atoms with Crippen LogP contribution in [0.5, 0.6) is 0 Å². The first kappa shape index (κ1) is 16.6. The Kier molecular flexibility index (Phi) is 7.23. The molecular weight excluding hydrogens is 252 g/mol. The molecule has 0 aromatic heterocycles. The van der Waals surface area contributed by atoms with Crippen LogP contribution in [0, 0.1) is 10.1 Å². The van der Waals surface area contributed by atoms with E-state index in [4.69, 9.17) is 0 Å². The molecule has 2 unspecified atom stereocenters. The van der Waals surface area contributed by atoms with Crippen molar-refractivity contribution < 1.29 is 4.92 Å². The summed E-state index contributed by atoms with van der Waals surface area (Å²) in [6, 6.07) is 7.44. The first-order valence-corrected chi connectivity index (χ1v) is 7.55. The molecule has 0 saturated heterocycles. The van der Waals surface area contributed by atoms with Crippen molar-refractivity contribution in [2.75, 3.05) is 0 Å². The Morgan fingerprint density at radius 3 is 2.65 bits per heavy atom. The Hall–Kier alpha value is -1.42. The van der Waals surface area contributed by atoms with Crippen LogP contribution in [0.2, 0.25) is 0 Å². The molecule has 1 aromatic carbocycles. The van der Waals surface area contributed by atoms with Gasteiger partial charge in [0.25, 0.3) is 5.69 Å². The SMILES string of the molecule is CCCCCCC(C)NC(C)c1cccc([N+](=O)[O-])c1. The highest BCUT2D eigenvalue weighted by Crippen LogP contribution is 2.20. The number of benzene rings is 1. The van der Waals surface area contributed by atoms with E-state index in [9.17, 15) is 10.1 Å². The topological polar surface area (TPSA) is 55.2 Å². The third-order valence-electron chi connectivity index (χ3n) is 3.61. The molecule has 0 saturated carbocycles.